The number of benzene rings is 1. The number of likely N-dealkylation sites (N-methyl/N-ethyl adjacent to an activating group) is 1. The van der Waals surface area contributed by atoms with Gasteiger partial charge in [-0.05, 0) is 33.0 Å². The lowest BCUT2D eigenvalue weighted by molar-refractivity contribution is 0.0309. The first-order valence-electron chi connectivity index (χ1n) is 6.20. The summed E-state index contributed by atoms with van der Waals surface area (Å²) in [6.45, 7) is 6.48. The van der Waals surface area contributed by atoms with Crippen LogP contribution < -0.4 is 0 Å². The summed E-state index contributed by atoms with van der Waals surface area (Å²) < 4.78 is 0. The molecule has 1 aliphatic rings. The molecule has 4 heteroatoms. The molecule has 0 spiro atoms. The topological polar surface area (TPSA) is 43.8 Å². The largest absolute Gasteiger partial charge is 0.507 e. The fourth-order valence-corrected chi connectivity index (χ4v) is 2.24. The van der Waals surface area contributed by atoms with Crippen LogP contribution in [0.15, 0.2) is 24.3 Å². The fraction of sp³-hybridized carbons (Fsp3) is 0.500. The van der Waals surface area contributed by atoms with Crippen molar-refractivity contribution in [3.8, 4) is 5.75 Å². The molecule has 0 radical (unpaired) electrons. The summed E-state index contributed by atoms with van der Waals surface area (Å²) in [5.74, 6) is -0.0338. The van der Waals surface area contributed by atoms with Crippen LogP contribution in [0.5, 0.6) is 5.75 Å². The van der Waals surface area contributed by atoms with Gasteiger partial charge in [0.15, 0.2) is 0 Å². The van der Waals surface area contributed by atoms with Gasteiger partial charge in [-0.25, -0.2) is 0 Å². The molecule has 1 aliphatic heterocycles. The molecule has 1 aromatic carbocycles. The maximum atomic E-state index is 12.4. The van der Waals surface area contributed by atoms with E-state index >= 15 is 0 Å². The summed E-state index contributed by atoms with van der Waals surface area (Å²) >= 11 is 0. The summed E-state index contributed by atoms with van der Waals surface area (Å²) in [6.07, 6.45) is 0. The predicted octanol–water partition coefficient (Wildman–Crippen LogP) is 1.56. The number of carbonyl (C=O) groups is 1. The van der Waals surface area contributed by atoms with E-state index in [0.29, 0.717) is 18.7 Å². The first kappa shape index (κ1) is 12.9. The van der Waals surface area contributed by atoms with Crippen LogP contribution in [0, 0.1) is 0 Å². The van der Waals surface area contributed by atoms with Crippen LogP contribution in [0.4, 0.5) is 0 Å². The molecule has 1 fully saturated rings. The van der Waals surface area contributed by atoms with Crippen LogP contribution in [0.2, 0.25) is 0 Å². The number of phenols is 1. The zero-order chi connectivity index (χ0) is 13.3. The van der Waals surface area contributed by atoms with Crippen molar-refractivity contribution in [2.45, 2.75) is 19.4 Å². The monoisotopic (exact) mass is 248 g/mol. The van der Waals surface area contributed by atoms with Crippen LogP contribution in [0.1, 0.15) is 24.2 Å². The van der Waals surface area contributed by atoms with E-state index in [1.165, 1.54) is 0 Å². The number of piperazine rings is 1. The van der Waals surface area contributed by atoms with Gasteiger partial charge in [-0.2, -0.15) is 0 Å². The van der Waals surface area contributed by atoms with E-state index in [-0.39, 0.29) is 17.2 Å². The molecule has 4 nitrogen and oxygen atoms in total. The number of amides is 1. The Labute approximate surface area is 108 Å². The first-order chi connectivity index (χ1) is 8.42. The number of aromatic hydroxyl groups is 1. The number of hydrogen-bond acceptors (Lipinski definition) is 3. The molecule has 1 heterocycles. The molecule has 2 rings (SSSR count). The van der Waals surface area contributed by atoms with E-state index in [1.807, 2.05) is 4.90 Å². The molecule has 0 unspecified atom stereocenters. The van der Waals surface area contributed by atoms with Crippen molar-refractivity contribution in [3.63, 3.8) is 0 Å². The molecule has 0 bridgehead atoms. The smallest absolute Gasteiger partial charge is 0.257 e. The highest BCUT2D eigenvalue weighted by Gasteiger charge is 2.33. The van der Waals surface area contributed by atoms with Crippen molar-refractivity contribution in [1.82, 2.24) is 9.80 Å². The highest BCUT2D eigenvalue weighted by molar-refractivity contribution is 5.96. The summed E-state index contributed by atoms with van der Waals surface area (Å²) in [4.78, 5) is 16.4. The molecule has 0 saturated carbocycles. The van der Waals surface area contributed by atoms with Crippen molar-refractivity contribution in [1.29, 1.82) is 0 Å². The van der Waals surface area contributed by atoms with E-state index in [2.05, 4.69) is 25.8 Å². The van der Waals surface area contributed by atoms with E-state index in [9.17, 15) is 9.90 Å². The lowest BCUT2D eigenvalue weighted by Crippen LogP contribution is -2.58. The van der Waals surface area contributed by atoms with Gasteiger partial charge >= 0.3 is 0 Å². The van der Waals surface area contributed by atoms with Gasteiger partial charge in [-0.3, -0.25) is 9.69 Å². The van der Waals surface area contributed by atoms with Gasteiger partial charge in [-0.1, -0.05) is 12.1 Å². The zero-order valence-electron chi connectivity index (χ0n) is 11.2. The van der Waals surface area contributed by atoms with Crippen molar-refractivity contribution < 1.29 is 9.90 Å². The molecule has 18 heavy (non-hydrogen) atoms. The molecular formula is C14H20N2O2. The van der Waals surface area contributed by atoms with Gasteiger partial charge in [0.05, 0.1) is 5.56 Å². The molecule has 0 atom stereocenters. The minimum atomic E-state index is -0.0886. The molecule has 98 valence electrons. The van der Waals surface area contributed by atoms with Gasteiger partial charge in [0.25, 0.3) is 5.91 Å². The number of para-hydroxylation sites is 1. The molecular weight excluding hydrogens is 228 g/mol. The zero-order valence-corrected chi connectivity index (χ0v) is 11.2. The van der Waals surface area contributed by atoms with Gasteiger partial charge in [0, 0.05) is 25.2 Å². The molecule has 1 aromatic rings. The number of phenolic OH excluding ortho intramolecular Hbond substituents is 1. The van der Waals surface area contributed by atoms with E-state index in [4.69, 9.17) is 0 Å². The van der Waals surface area contributed by atoms with Gasteiger partial charge in [-0.15, -0.1) is 0 Å². The Hall–Kier alpha value is -1.55. The molecule has 1 N–H and O–H groups in total. The van der Waals surface area contributed by atoms with E-state index in [0.717, 1.165) is 6.54 Å². The Kier molecular flexibility index (Phi) is 3.30. The molecule has 1 amide bonds. The quantitative estimate of drug-likeness (QED) is 0.820. The highest BCUT2D eigenvalue weighted by Crippen LogP contribution is 2.23. The SMILES string of the molecule is CN1CCN(C(=O)c2ccccc2O)CC1(C)C. The predicted molar refractivity (Wildman–Crippen MR) is 70.7 cm³/mol. The Balaban J connectivity index is 2.18. The average molecular weight is 248 g/mol. The molecule has 0 aliphatic carbocycles. The van der Waals surface area contributed by atoms with E-state index in [1.54, 1.807) is 24.3 Å². The Bertz CT molecular complexity index is 457. The third kappa shape index (κ3) is 2.34. The Morgan fingerprint density at radius 3 is 2.56 bits per heavy atom. The number of hydrogen-bond donors (Lipinski definition) is 1. The summed E-state index contributed by atoms with van der Waals surface area (Å²) in [5.41, 5.74) is 0.357. The molecule has 1 saturated heterocycles. The van der Waals surface area contributed by atoms with Crippen LogP contribution >= 0.6 is 0 Å². The number of carbonyl (C=O) groups excluding carboxylic acids is 1. The molecule has 0 aromatic heterocycles. The van der Waals surface area contributed by atoms with Crippen molar-refractivity contribution in [3.05, 3.63) is 29.8 Å². The second-order valence-corrected chi connectivity index (χ2v) is 5.48. The number of nitrogens with zero attached hydrogens (tertiary/aromatic N) is 2. The maximum absolute atomic E-state index is 12.4. The van der Waals surface area contributed by atoms with Crippen LogP contribution in [0.25, 0.3) is 0 Å². The number of rotatable bonds is 1. The third-order valence-corrected chi connectivity index (χ3v) is 3.74. The maximum Gasteiger partial charge on any atom is 0.257 e. The van der Waals surface area contributed by atoms with Crippen LogP contribution in [0.3, 0.4) is 0 Å². The average Bonchev–Trinajstić information content (AvgIpc) is 2.32. The first-order valence-corrected chi connectivity index (χ1v) is 6.20. The van der Waals surface area contributed by atoms with Crippen molar-refractivity contribution in [2.75, 3.05) is 26.7 Å². The second-order valence-electron chi connectivity index (χ2n) is 5.48. The van der Waals surface area contributed by atoms with Crippen molar-refractivity contribution in [2.24, 2.45) is 0 Å². The summed E-state index contributed by atoms with van der Waals surface area (Å²) in [5, 5.41) is 9.74. The van der Waals surface area contributed by atoms with Gasteiger partial charge in [0.2, 0.25) is 0 Å². The van der Waals surface area contributed by atoms with Gasteiger partial charge in [0.1, 0.15) is 5.75 Å². The van der Waals surface area contributed by atoms with Crippen LogP contribution in [-0.4, -0.2) is 53.0 Å². The second kappa shape index (κ2) is 4.61. The Morgan fingerprint density at radius 1 is 1.28 bits per heavy atom. The van der Waals surface area contributed by atoms with Gasteiger partial charge < -0.3 is 10.0 Å². The van der Waals surface area contributed by atoms with Crippen LogP contribution in [-0.2, 0) is 0 Å². The lowest BCUT2D eigenvalue weighted by Gasteiger charge is -2.45. The van der Waals surface area contributed by atoms with E-state index < -0.39 is 0 Å². The normalized spacial score (nSPS) is 19.8. The minimum Gasteiger partial charge on any atom is -0.507 e. The Morgan fingerprint density at radius 2 is 1.94 bits per heavy atom. The third-order valence-electron chi connectivity index (χ3n) is 3.74. The fourth-order valence-electron chi connectivity index (χ4n) is 2.24. The summed E-state index contributed by atoms with van der Waals surface area (Å²) in [6, 6.07) is 6.71. The summed E-state index contributed by atoms with van der Waals surface area (Å²) in [7, 11) is 2.07. The lowest BCUT2D eigenvalue weighted by atomic mass is 9.99. The highest BCUT2D eigenvalue weighted by atomic mass is 16.3. The minimum absolute atomic E-state index is 0.0295. The standard InChI is InChI=1S/C14H20N2O2/c1-14(2)10-16(9-8-15(14)3)13(18)11-6-4-5-7-12(11)17/h4-7,17H,8-10H2,1-3H3. The van der Waals surface area contributed by atoms with Crippen molar-refractivity contribution >= 4 is 5.91 Å².